The number of hydrogen-bond acceptors (Lipinski definition) is 6. The molecule has 0 amide bonds. The Morgan fingerprint density at radius 1 is 1.22 bits per heavy atom. The predicted octanol–water partition coefficient (Wildman–Crippen LogP) is 1.64. The number of rotatable bonds is 6. The van der Waals surface area contributed by atoms with Crippen molar-refractivity contribution < 1.29 is 28.6 Å². The lowest BCUT2D eigenvalue weighted by atomic mass is 9.94. The molecule has 0 aliphatic heterocycles. The molecule has 0 radical (unpaired) electrons. The molecule has 0 bridgehead atoms. The van der Waals surface area contributed by atoms with Crippen molar-refractivity contribution in [3.63, 3.8) is 0 Å². The van der Waals surface area contributed by atoms with Gasteiger partial charge in [0.2, 0.25) is 0 Å². The number of carbonyl (C=O) groups excluding carboxylic acids is 1. The third kappa shape index (κ3) is 3.33. The zero-order valence-corrected chi connectivity index (χ0v) is 12.9. The highest BCUT2D eigenvalue weighted by Gasteiger charge is 2.25. The van der Waals surface area contributed by atoms with Crippen LogP contribution in [0.1, 0.15) is 12.5 Å². The van der Waals surface area contributed by atoms with Crippen molar-refractivity contribution >= 4 is 22.7 Å². The summed E-state index contributed by atoms with van der Waals surface area (Å²) < 4.78 is 15.5. The molecule has 1 heterocycles. The van der Waals surface area contributed by atoms with Gasteiger partial charge in [0.25, 0.3) is 0 Å². The number of Topliss-reactive ketones (excluding diaryl/α,β-unsaturated/α-hetero) is 1. The van der Waals surface area contributed by atoms with Crippen LogP contribution >= 0.6 is 0 Å². The van der Waals surface area contributed by atoms with E-state index in [1.54, 1.807) is 6.07 Å². The Morgan fingerprint density at radius 3 is 2.43 bits per heavy atom. The fourth-order valence-electron chi connectivity index (χ4n) is 2.38. The SMILES string of the molecule is COc1cc(OC)c2c(CC(C(C)=O)C(=O)O)cc(=O)oc2c1. The topological polar surface area (TPSA) is 103 Å². The van der Waals surface area contributed by atoms with E-state index in [-0.39, 0.29) is 12.0 Å². The van der Waals surface area contributed by atoms with E-state index in [9.17, 15) is 19.5 Å². The number of hydrogen-bond donors (Lipinski definition) is 1. The molecule has 1 atom stereocenters. The summed E-state index contributed by atoms with van der Waals surface area (Å²) in [7, 11) is 2.89. The van der Waals surface area contributed by atoms with E-state index >= 15 is 0 Å². The summed E-state index contributed by atoms with van der Waals surface area (Å²) in [5.41, 5.74) is -0.0646. The predicted molar refractivity (Wildman–Crippen MR) is 81.1 cm³/mol. The van der Waals surface area contributed by atoms with E-state index in [1.807, 2.05) is 0 Å². The van der Waals surface area contributed by atoms with Crippen LogP contribution < -0.4 is 15.1 Å². The van der Waals surface area contributed by atoms with Crippen LogP contribution in [0.25, 0.3) is 11.0 Å². The summed E-state index contributed by atoms with van der Waals surface area (Å²) in [5.74, 6) is -2.19. The molecule has 1 unspecified atom stereocenters. The van der Waals surface area contributed by atoms with Gasteiger partial charge in [-0.05, 0) is 18.9 Å². The second kappa shape index (κ2) is 6.51. The molecule has 0 saturated carbocycles. The summed E-state index contributed by atoms with van der Waals surface area (Å²) in [6.45, 7) is 1.20. The maximum atomic E-state index is 11.7. The monoisotopic (exact) mass is 320 g/mol. The number of carboxylic acids is 1. The molecule has 1 aromatic carbocycles. The molecule has 0 saturated heterocycles. The maximum Gasteiger partial charge on any atom is 0.336 e. The lowest BCUT2D eigenvalue weighted by Gasteiger charge is -2.13. The van der Waals surface area contributed by atoms with Crippen LogP contribution in [0.5, 0.6) is 11.5 Å². The van der Waals surface area contributed by atoms with Gasteiger partial charge < -0.3 is 19.0 Å². The number of aliphatic carboxylic acids is 1. The van der Waals surface area contributed by atoms with Crippen LogP contribution in [0.2, 0.25) is 0 Å². The molecule has 122 valence electrons. The van der Waals surface area contributed by atoms with Gasteiger partial charge in [-0.15, -0.1) is 0 Å². The third-order valence-electron chi connectivity index (χ3n) is 3.53. The first-order chi connectivity index (χ1) is 10.9. The van der Waals surface area contributed by atoms with Gasteiger partial charge in [-0.3, -0.25) is 9.59 Å². The Bertz CT molecular complexity index is 805. The molecule has 1 aromatic heterocycles. The summed E-state index contributed by atoms with van der Waals surface area (Å²) in [6.07, 6.45) is -0.130. The lowest BCUT2D eigenvalue weighted by molar-refractivity contribution is -0.145. The van der Waals surface area contributed by atoms with E-state index < -0.39 is 23.3 Å². The number of ketones is 1. The van der Waals surface area contributed by atoms with Crippen LogP contribution in [0.3, 0.4) is 0 Å². The summed E-state index contributed by atoms with van der Waals surface area (Å²) in [5, 5.41) is 9.63. The van der Waals surface area contributed by atoms with Gasteiger partial charge in [-0.2, -0.15) is 0 Å². The summed E-state index contributed by atoms with van der Waals surface area (Å²) >= 11 is 0. The van der Waals surface area contributed by atoms with Crippen LogP contribution in [0.15, 0.2) is 27.4 Å². The highest BCUT2D eigenvalue weighted by Crippen LogP contribution is 2.33. The zero-order chi connectivity index (χ0) is 17.1. The summed E-state index contributed by atoms with van der Waals surface area (Å²) in [6, 6.07) is 4.28. The van der Waals surface area contributed by atoms with Gasteiger partial charge in [0.05, 0.1) is 19.6 Å². The van der Waals surface area contributed by atoms with Crippen LogP contribution in [0, 0.1) is 5.92 Å². The van der Waals surface area contributed by atoms with Crippen molar-refractivity contribution in [1.82, 2.24) is 0 Å². The zero-order valence-electron chi connectivity index (χ0n) is 12.9. The number of carboxylic acid groups (broad SMARTS) is 1. The van der Waals surface area contributed by atoms with Crippen LogP contribution in [-0.4, -0.2) is 31.1 Å². The van der Waals surface area contributed by atoms with Crippen molar-refractivity contribution in [2.24, 2.45) is 5.92 Å². The van der Waals surface area contributed by atoms with E-state index in [0.717, 1.165) is 0 Å². The molecular weight excluding hydrogens is 304 g/mol. The Morgan fingerprint density at radius 2 is 1.91 bits per heavy atom. The number of methoxy groups -OCH3 is 2. The second-order valence-electron chi connectivity index (χ2n) is 5.00. The van der Waals surface area contributed by atoms with Gasteiger partial charge in [-0.25, -0.2) is 4.79 Å². The number of benzene rings is 1. The molecular formula is C16H16O7. The lowest BCUT2D eigenvalue weighted by Crippen LogP contribution is -2.24. The molecule has 0 aliphatic rings. The van der Waals surface area contributed by atoms with Crippen molar-refractivity contribution in [3.05, 3.63) is 34.2 Å². The molecule has 0 aliphatic carbocycles. The van der Waals surface area contributed by atoms with E-state index in [0.29, 0.717) is 22.4 Å². The molecule has 0 fully saturated rings. The summed E-state index contributed by atoms with van der Waals surface area (Å²) in [4.78, 5) is 34.5. The van der Waals surface area contributed by atoms with Gasteiger partial charge in [-0.1, -0.05) is 0 Å². The van der Waals surface area contributed by atoms with Gasteiger partial charge in [0, 0.05) is 18.2 Å². The Labute approximate surface area is 131 Å². The number of fused-ring (bicyclic) bond motifs is 1. The number of carbonyl (C=O) groups is 2. The minimum absolute atomic E-state index is 0.130. The highest BCUT2D eigenvalue weighted by atomic mass is 16.5. The van der Waals surface area contributed by atoms with Crippen molar-refractivity contribution in [2.45, 2.75) is 13.3 Å². The fraction of sp³-hybridized carbons (Fsp3) is 0.312. The largest absolute Gasteiger partial charge is 0.496 e. The Hall–Kier alpha value is -2.83. The Kier molecular flexibility index (Phi) is 4.68. The van der Waals surface area contributed by atoms with Crippen molar-refractivity contribution in [2.75, 3.05) is 14.2 Å². The van der Waals surface area contributed by atoms with Crippen LogP contribution in [-0.2, 0) is 16.0 Å². The molecule has 7 nitrogen and oxygen atoms in total. The van der Waals surface area contributed by atoms with Crippen LogP contribution in [0.4, 0.5) is 0 Å². The highest BCUT2D eigenvalue weighted by molar-refractivity contribution is 5.98. The van der Waals surface area contributed by atoms with Crippen molar-refractivity contribution in [1.29, 1.82) is 0 Å². The molecule has 0 spiro atoms. The van der Waals surface area contributed by atoms with Crippen molar-refractivity contribution in [3.8, 4) is 11.5 Å². The minimum atomic E-state index is -1.24. The quantitative estimate of drug-likeness (QED) is 0.637. The normalized spacial score (nSPS) is 12.0. The average Bonchev–Trinajstić information content (AvgIpc) is 2.49. The third-order valence-corrected chi connectivity index (χ3v) is 3.53. The molecule has 1 N–H and O–H groups in total. The smallest absolute Gasteiger partial charge is 0.336 e. The molecule has 2 rings (SSSR count). The minimum Gasteiger partial charge on any atom is -0.496 e. The van der Waals surface area contributed by atoms with Gasteiger partial charge >= 0.3 is 11.6 Å². The van der Waals surface area contributed by atoms with E-state index in [1.165, 1.54) is 33.3 Å². The first-order valence-corrected chi connectivity index (χ1v) is 6.79. The number of ether oxygens (including phenoxy) is 2. The fourth-order valence-corrected chi connectivity index (χ4v) is 2.38. The molecule has 2 aromatic rings. The molecule has 7 heteroatoms. The second-order valence-corrected chi connectivity index (χ2v) is 5.00. The Balaban J connectivity index is 2.70. The van der Waals surface area contributed by atoms with E-state index in [2.05, 4.69) is 0 Å². The molecule has 23 heavy (non-hydrogen) atoms. The first kappa shape index (κ1) is 16.5. The first-order valence-electron chi connectivity index (χ1n) is 6.79. The standard InChI is InChI=1S/C16H16O7/c1-8(17)11(16(19)20)4-9-5-14(18)23-13-7-10(21-2)6-12(22-3)15(9)13/h5-7,11H,4H2,1-3H3,(H,19,20). The average molecular weight is 320 g/mol. The van der Waals surface area contributed by atoms with Gasteiger partial charge in [0.1, 0.15) is 28.8 Å². The van der Waals surface area contributed by atoms with E-state index in [4.69, 9.17) is 13.9 Å². The van der Waals surface area contributed by atoms with Gasteiger partial charge in [0.15, 0.2) is 0 Å². The maximum absolute atomic E-state index is 11.7.